The molecule has 1 aliphatic rings. The molecule has 0 spiro atoms. The van der Waals surface area contributed by atoms with Gasteiger partial charge in [0.2, 0.25) is 5.72 Å². The molecule has 32 heavy (non-hydrogen) atoms. The number of nitrogens with two attached hydrogens (primary N) is 1. The van der Waals surface area contributed by atoms with Crippen molar-refractivity contribution in [2.45, 2.75) is 30.4 Å². The minimum absolute atomic E-state index is 0.00743. The Kier molecular flexibility index (Phi) is 6.16. The third-order valence-corrected chi connectivity index (χ3v) is 5.05. The number of nitrogen functional groups attached to an aromatic ring is 1. The van der Waals surface area contributed by atoms with E-state index in [2.05, 4.69) is 4.98 Å². The maximum Gasteiger partial charge on any atom is 0.353 e. The number of nitrogens with one attached hydrogen (secondary N) is 1. The van der Waals surface area contributed by atoms with Crippen molar-refractivity contribution < 1.29 is 44.8 Å². The number of carbonyl (C=O) groups is 1. The average molecular weight is 457 g/mol. The summed E-state index contributed by atoms with van der Waals surface area (Å²) >= 11 is 0. The second-order valence-corrected chi connectivity index (χ2v) is 6.94. The molecule has 1 aliphatic heterocycles. The first-order valence-corrected chi connectivity index (χ1v) is 8.96. The smallest absolute Gasteiger partial charge is 0.353 e. The maximum absolute atomic E-state index is 12.6. The van der Waals surface area contributed by atoms with Gasteiger partial charge in [0.25, 0.3) is 5.91 Å². The summed E-state index contributed by atoms with van der Waals surface area (Å²) in [5, 5.41) is 62.5. The largest absolute Gasteiger partial charge is 0.508 e. The number of hydrogen-bond acceptors (Lipinski definition) is 12. The second-order valence-electron chi connectivity index (χ2n) is 6.94. The van der Waals surface area contributed by atoms with Gasteiger partial charge < -0.3 is 41.2 Å². The number of aromatic nitrogens is 2. The quantitative estimate of drug-likeness (QED) is 0.124. The number of halogens is 1. The first-order valence-electron chi connectivity index (χ1n) is 8.96. The Morgan fingerprint density at radius 1 is 1.34 bits per heavy atom. The number of phenols is 1. The van der Waals surface area contributed by atoms with Crippen molar-refractivity contribution in [1.82, 2.24) is 20.2 Å². The summed E-state index contributed by atoms with van der Waals surface area (Å²) in [6, 6.07) is 5.17. The zero-order valence-corrected chi connectivity index (χ0v) is 16.2. The number of aliphatic hydroxyl groups is 4. The van der Waals surface area contributed by atoms with Crippen molar-refractivity contribution in [1.29, 1.82) is 0 Å². The van der Waals surface area contributed by atoms with Crippen LogP contribution >= 0.6 is 0 Å². The number of hydrogen-bond donors (Lipinski definition) is 8. The van der Waals surface area contributed by atoms with Crippen LogP contribution in [-0.4, -0.2) is 75.8 Å². The van der Waals surface area contributed by atoms with E-state index in [0.29, 0.717) is 6.20 Å². The number of amides is 1. The Bertz CT molecular complexity index is 1070. The van der Waals surface area contributed by atoms with Crippen LogP contribution in [0.5, 0.6) is 5.75 Å². The molecule has 0 unspecified atom stereocenters. The zero-order valence-electron chi connectivity index (χ0n) is 16.2. The highest BCUT2D eigenvalue weighted by molar-refractivity contribution is 5.97. The summed E-state index contributed by atoms with van der Waals surface area (Å²) in [6.45, 7) is -1.60. The van der Waals surface area contributed by atoms with Gasteiger partial charge in [-0.2, -0.15) is 5.54 Å². The van der Waals surface area contributed by atoms with Gasteiger partial charge in [-0.25, -0.2) is 14.3 Å². The Labute approximate surface area is 178 Å². The normalized spacial score (nSPS) is 27.6. The molecule has 1 saturated heterocycles. The fraction of sp³-hybridized carbons (Fsp3) is 0.353. The molecule has 0 bridgehead atoms. The van der Waals surface area contributed by atoms with Crippen molar-refractivity contribution in [2.24, 2.45) is 0 Å². The van der Waals surface area contributed by atoms with Crippen LogP contribution in [0.25, 0.3) is 0 Å². The summed E-state index contributed by atoms with van der Waals surface area (Å²) in [5.41, 5.74) is 1.29. The van der Waals surface area contributed by atoms with Crippen LogP contribution in [0.2, 0.25) is 0 Å². The Balaban J connectivity index is 2.17. The van der Waals surface area contributed by atoms with Gasteiger partial charge in [0.1, 0.15) is 29.3 Å². The zero-order chi connectivity index (χ0) is 23.8. The molecule has 15 heteroatoms. The molecule has 0 aliphatic carbocycles. The summed E-state index contributed by atoms with van der Waals surface area (Å²) in [5.74, 6) is -5.93. The highest BCUT2D eigenvalue weighted by Crippen LogP contribution is 2.44. The molecule has 14 nitrogen and oxygen atoms in total. The van der Waals surface area contributed by atoms with Gasteiger partial charge in [0, 0.05) is 6.20 Å². The highest BCUT2D eigenvalue weighted by atomic mass is 19.2. The molecule has 2 aromatic rings. The van der Waals surface area contributed by atoms with Crippen molar-refractivity contribution in [3.05, 3.63) is 52.1 Å². The van der Waals surface area contributed by atoms with E-state index in [-0.39, 0.29) is 20.9 Å². The lowest BCUT2D eigenvalue weighted by Crippen LogP contribution is -2.68. The van der Waals surface area contributed by atoms with E-state index in [1.54, 1.807) is 0 Å². The molecular weight excluding hydrogens is 437 g/mol. The van der Waals surface area contributed by atoms with Gasteiger partial charge in [-0.1, -0.05) is 16.6 Å². The Morgan fingerprint density at radius 3 is 2.53 bits per heavy atom. The Hall–Kier alpha value is -3.18. The second kappa shape index (κ2) is 8.40. The molecular formula is C17H20FN5O9. The first kappa shape index (κ1) is 23.5. The van der Waals surface area contributed by atoms with Gasteiger partial charge in [-0.05, 0) is 17.7 Å². The van der Waals surface area contributed by atoms with E-state index in [1.165, 1.54) is 24.3 Å². The SMILES string of the molecule is Nc1c(C(=O)NF)cnc(=O)n1[C@@]1(O)O[C@H](CO)[C@@H](O)[C@]1(O)N(O)Cc1ccc(O)cc1. The molecule has 0 saturated carbocycles. The fourth-order valence-corrected chi connectivity index (χ4v) is 3.37. The third kappa shape index (κ3) is 3.47. The van der Waals surface area contributed by atoms with Crippen LogP contribution in [0.3, 0.4) is 0 Å². The number of ether oxygens (including phenoxy) is 1. The minimum atomic E-state index is -3.42. The standard InChI is InChI=1S/C17H20FN5O9/c18-21-14(27)10-5-20-15(28)23(13(10)19)17(30)16(29,12(26)11(7-24)32-17)22(31)6-8-1-3-9(25)4-2-8/h1-5,11-12,24-26,29-31H,6-7,19H2,(H,21,27)/t11-,12-,16-,17+/m1/s1. The van der Waals surface area contributed by atoms with Gasteiger partial charge >= 0.3 is 11.6 Å². The number of aliphatic hydroxyl groups excluding tert-OH is 2. The van der Waals surface area contributed by atoms with E-state index in [0.717, 1.165) is 5.54 Å². The number of nitrogens with zero attached hydrogens (tertiary/aromatic N) is 3. The summed E-state index contributed by atoms with van der Waals surface area (Å²) in [7, 11) is 0. The summed E-state index contributed by atoms with van der Waals surface area (Å²) in [4.78, 5) is 27.4. The molecule has 9 N–H and O–H groups in total. The van der Waals surface area contributed by atoms with Crippen molar-refractivity contribution >= 4 is 11.7 Å². The maximum atomic E-state index is 12.6. The van der Waals surface area contributed by atoms with Gasteiger partial charge in [0.15, 0.2) is 0 Å². The molecule has 1 fully saturated rings. The summed E-state index contributed by atoms with van der Waals surface area (Å²) < 4.78 is 17.8. The predicted molar refractivity (Wildman–Crippen MR) is 100 cm³/mol. The van der Waals surface area contributed by atoms with Crippen LogP contribution in [0.4, 0.5) is 10.3 Å². The van der Waals surface area contributed by atoms with Gasteiger partial charge in [0.05, 0.1) is 13.2 Å². The van der Waals surface area contributed by atoms with Gasteiger partial charge in [-0.3, -0.25) is 4.79 Å². The van der Waals surface area contributed by atoms with E-state index in [1.807, 2.05) is 0 Å². The number of phenolic OH excluding ortho intramolecular Hbond substituents is 1. The molecule has 2 heterocycles. The predicted octanol–water partition coefficient (Wildman–Crippen LogP) is -2.92. The average Bonchev–Trinajstić information content (AvgIpc) is 2.96. The Morgan fingerprint density at radius 2 is 1.97 bits per heavy atom. The van der Waals surface area contributed by atoms with Gasteiger partial charge in [-0.15, -0.1) is 5.06 Å². The number of rotatable bonds is 6. The topological polar surface area (TPSA) is 224 Å². The molecule has 1 aromatic carbocycles. The third-order valence-electron chi connectivity index (χ3n) is 5.05. The monoisotopic (exact) mass is 457 g/mol. The van der Waals surface area contributed by atoms with Crippen LogP contribution < -0.4 is 17.0 Å². The van der Waals surface area contributed by atoms with E-state index < -0.39 is 60.0 Å². The lowest BCUT2D eigenvalue weighted by atomic mass is 10.00. The number of anilines is 1. The minimum Gasteiger partial charge on any atom is -0.508 e. The number of benzene rings is 1. The molecule has 3 rings (SSSR count). The highest BCUT2D eigenvalue weighted by Gasteiger charge is 2.70. The molecule has 1 amide bonds. The van der Waals surface area contributed by atoms with Crippen LogP contribution in [-0.2, 0) is 17.2 Å². The fourth-order valence-electron chi connectivity index (χ4n) is 3.37. The molecule has 4 atom stereocenters. The van der Waals surface area contributed by atoms with Crippen molar-refractivity contribution in [3.63, 3.8) is 0 Å². The van der Waals surface area contributed by atoms with E-state index in [9.17, 15) is 44.8 Å². The number of hydroxylamine groups is 2. The molecule has 174 valence electrons. The van der Waals surface area contributed by atoms with Crippen LogP contribution in [0.15, 0.2) is 35.3 Å². The first-order chi connectivity index (χ1) is 15.0. The summed E-state index contributed by atoms with van der Waals surface area (Å²) in [6.07, 6.45) is -3.41. The van der Waals surface area contributed by atoms with E-state index >= 15 is 0 Å². The van der Waals surface area contributed by atoms with Crippen molar-refractivity contribution in [2.75, 3.05) is 12.3 Å². The molecule has 0 radical (unpaired) electrons. The number of aromatic hydroxyl groups is 1. The van der Waals surface area contributed by atoms with Crippen LogP contribution in [0, 0.1) is 0 Å². The molecule has 1 aromatic heterocycles. The van der Waals surface area contributed by atoms with E-state index in [4.69, 9.17) is 10.5 Å². The van der Waals surface area contributed by atoms with Crippen LogP contribution in [0.1, 0.15) is 15.9 Å². The number of carbonyl (C=O) groups excluding carboxylic acids is 1. The lowest BCUT2D eigenvalue weighted by molar-refractivity contribution is -0.413. The van der Waals surface area contributed by atoms with Crippen molar-refractivity contribution in [3.8, 4) is 5.75 Å². The lowest BCUT2D eigenvalue weighted by Gasteiger charge is -2.42.